The Labute approximate surface area is 97.2 Å². The van der Waals surface area contributed by atoms with Crippen molar-refractivity contribution < 1.29 is 4.74 Å². The van der Waals surface area contributed by atoms with Crippen molar-refractivity contribution in [2.75, 3.05) is 30.4 Å². The van der Waals surface area contributed by atoms with Gasteiger partial charge in [-0.2, -0.15) is 0 Å². The van der Waals surface area contributed by atoms with Crippen molar-refractivity contribution in [1.29, 1.82) is 0 Å². The number of benzene rings is 1. The van der Waals surface area contributed by atoms with Crippen molar-refractivity contribution in [2.45, 2.75) is 25.8 Å². The largest absolute Gasteiger partial charge is 0.397 e. The molecule has 1 aromatic carbocycles. The summed E-state index contributed by atoms with van der Waals surface area (Å²) in [4.78, 5) is 2.38. The number of nitrogen functional groups attached to an aromatic ring is 1. The van der Waals surface area contributed by atoms with Gasteiger partial charge in [-0.15, -0.1) is 0 Å². The first kappa shape index (κ1) is 11.3. The molecule has 0 radical (unpaired) electrons. The molecule has 1 heterocycles. The van der Waals surface area contributed by atoms with Crippen molar-refractivity contribution >= 4 is 11.4 Å². The van der Waals surface area contributed by atoms with Crippen molar-refractivity contribution in [3.8, 4) is 0 Å². The summed E-state index contributed by atoms with van der Waals surface area (Å²) in [5, 5.41) is 0. The summed E-state index contributed by atoms with van der Waals surface area (Å²) in [5.41, 5.74) is 8.03. The minimum absolute atomic E-state index is 0.490. The molecule has 0 aliphatic carbocycles. The number of nitrogens with two attached hydrogens (primary N) is 1. The van der Waals surface area contributed by atoms with E-state index >= 15 is 0 Å². The molecule has 88 valence electrons. The van der Waals surface area contributed by atoms with Crippen molar-refractivity contribution in [2.24, 2.45) is 0 Å². The van der Waals surface area contributed by atoms with Gasteiger partial charge >= 0.3 is 0 Å². The Hall–Kier alpha value is -1.22. The van der Waals surface area contributed by atoms with E-state index in [-0.39, 0.29) is 0 Å². The van der Waals surface area contributed by atoms with Gasteiger partial charge in [-0.1, -0.05) is 12.1 Å². The minimum atomic E-state index is 0.490. The summed E-state index contributed by atoms with van der Waals surface area (Å²) in [5.74, 6) is 0. The van der Waals surface area contributed by atoms with E-state index in [1.54, 1.807) is 0 Å². The number of anilines is 2. The second-order valence-corrected chi connectivity index (χ2v) is 4.21. The highest BCUT2D eigenvalue weighted by Crippen LogP contribution is 2.30. The van der Waals surface area contributed by atoms with Crippen LogP contribution < -0.4 is 10.6 Å². The van der Waals surface area contributed by atoms with Crippen LogP contribution in [0.2, 0.25) is 0 Å². The topological polar surface area (TPSA) is 38.5 Å². The number of nitrogens with zero attached hydrogens (tertiary/aromatic N) is 1. The molecule has 3 nitrogen and oxygen atoms in total. The van der Waals surface area contributed by atoms with Crippen LogP contribution >= 0.6 is 0 Å². The van der Waals surface area contributed by atoms with Crippen LogP contribution in [0.25, 0.3) is 0 Å². The van der Waals surface area contributed by atoms with Gasteiger partial charge in [0.1, 0.15) is 0 Å². The molecule has 1 aliphatic heterocycles. The number of hydrogen-bond acceptors (Lipinski definition) is 3. The fourth-order valence-corrected chi connectivity index (χ4v) is 2.33. The molecule has 1 atom stereocenters. The van der Waals surface area contributed by atoms with Crippen molar-refractivity contribution in [1.82, 2.24) is 0 Å². The lowest BCUT2D eigenvalue weighted by atomic mass is 10.2. The molecular formula is C13H20N2O. The molecule has 3 heteroatoms. The Kier molecular flexibility index (Phi) is 3.67. The van der Waals surface area contributed by atoms with Gasteiger partial charge in [-0.3, -0.25) is 0 Å². The standard InChI is InChI=1S/C13H20N2O/c1-2-16-10-11-6-5-9-15(11)13-8-4-3-7-12(13)14/h3-4,7-8,11H,2,5-6,9-10,14H2,1H3/t11-/m1/s1. The average molecular weight is 220 g/mol. The third-order valence-electron chi connectivity index (χ3n) is 3.14. The first-order valence-electron chi connectivity index (χ1n) is 6.02. The second kappa shape index (κ2) is 5.21. The third-order valence-corrected chi connectivity index (χ3v) is 3.14. The van der Waals surface area contributed by atoms with Crippen LogP contribution in [0.3, 0.4) is 0 Å². The summed E-state index contributed by atoms with van der Waals surface area (Å²) in [6, 6.07) is 8.57. The smallest absolute Gasteiger partial charge is 0.0669 e. The van der Waals surface area contributed by atoms with E-state index < -0.39 is 0 Å². The molecule has 1 saturated heterocycles. The molecule has 1 fully saturated rings. The zero-order chi connectivity index (χ0) is 11.4. The van der Waals surface area contributed by atoms with Gasteiger partial charge in [0.05, 0.1) is 24.0 Å². The average Bonchev–Trinajstić information content (AvgIpc) is 2.75. The van der Waals surface area contributed by atoms with E-state index in [2.05, 4.69) is 11.0 Å². The maximum Gasteiger partial charge on any atom is 0.0669 e. The minimum Gasteiger partial charge on any atom is -0.397 e. The van der Waals surface area contributed by atoms with Crippen LogP contribution in [0.1, 0.15) is 19.8 Å². The van der Waals surface area contributed by atoms with Crippen LogP contribution in [0.4, 0.5) is 11.4 Å². The number of hydrogen-bond donors (Lipinski definition) is 1. The fourth-order valence-electron chi connectivity index (χ4n) is 2.33. The highest BCUT2D eigenvalue weighted by molar-refractivity contribution is 5.68. The SMILES string of the molecule is CCOC[C@H]1CCCN1c1ccccc1N. The number of rotatable bonds is 4. The summed E-state index contributed by atoms with van der Waals surface area (Å²) < 4.78 is 5.53. The Morgan fingerprint density at radius 3 is 3.00 bits per heavy atom. The monoisotopic (exact) mass is 220 g/mol. The highest BCUT2D eigenvalue weighted by atomic mass is 16.5. The molecule has 0 saturated carbocycles. The zero-order valence-corrected chi connectivity index (χ0v) is 9.86. The van der Waals surface area contributed by atoms with Gasteiger partial charge in [0.15, 0.2) is 0 Å². The molecule has 0 bridgehead atoms. The first-order chi connectivity index (χ1) is 7.83. The first-order valence-corrected chi connectivity index (χ1v) is 6.02. The Morgan fingerprint density at radius 1 is 1.44 bits per heavy atom. The van der Waals surface area contributed by atoms with Crippen LogP contribution in [0.15, 0.2) is 24.3 Å². The van der Waals surface area contributed by atoms with Gasteiger partial charge in [0, 0.05) is 13.2 Å². The molecule has 2 N–H and O–H groups in total. The van der Waals surface area contributed by atoms with Crippen LogP contribution in [0, 0.1) is 0 Å². The predicted octanol–water partition coefficient (Wildman–Crippen LogP) is 2.27. The molecule has 2 rings (SSSR count). The van der Waals surface area contributed by atoms with Crippen LogP contribution in [-0.2, 0) is 4.74 Å². The quantitative estimate of drug-likeness (QED) is 0.791. The van der Waals surface area contributed by atoms with E-state index in [0.717, 1.165) is 31.1 Å². The van der Waals surface area contributed by atoms with Gasteiger partial charge < -0.3 is 15.4 Å². The number of para-hydroxylation sites is 2. The maximum atomic E-state index is 6.01. The van der Waals surface area contributed by atoms with E-state index in [1.165, 1.54) is 12.8 Å². The molecule has 16 heavy (non-hydrogen) atoms. The van der Waals surface area contributed by atoms with E-state index in [4.69, 9.17) is 10.5 Å². The fraction of sp³-hybridized carbons (Fsp3) is 0.538. The highest BCUT2D eigenvalue weighted by Gasteiger charge is 2.25. The zero-order valence-electron chi connectivity index (χ0n) is 9.86. The third kappa shape index (κ3) is 2.30. The van der Waals surface area contributed by atoms with Crippen LogP contribution in [-0.4, -0.2) is 25.8 Å². The van der Waals surface area contributed by atoms with Crippen molar-refractivity contribution in [3.05, 3.63) is 24.3 Å². The molecule has 0 amide bonds. The lowest BCUT2D eigenvalue weighted by Gasteiger charge is -2.27. The molecule has 1 aromatic rings. The lowest BCUT2D eigenvalue weighted by molar-refractivity contribution is 0.134. The lowest BCUT2D eigenvalue weighted by Crippen LogP contribution is -2.33. The van der Waals surface area contributed by atoms with E-state index in [0.29, 0.717) is 6.04 Å². The second-order valence-electron chi connectivity index (χ2n) is 4.21. The van der Waals surface area contributed by atoms with Crippen LogP contribution in [0.5, 0.6) is 0 Å². The summed E-state index contributed by atoms with van der Waals surface area (Å²) in [7, 11) is 0. The van der Waals surface area contributed by atoms with Gasteiger partial charge in [-0.05, 0) is 31.9 Å². The number of ether oxygens (including phenoxy) is 1. The predicted molar refractivity (Wildman–Crippen MR) is 67.7 cm³/mol. The maximum absolute atomic E-state index is 6.01. The van der Waals surface area contributed by atoms with E-state index in [9.17, 15) is 0 Å². The molecule has 0 unspecified atom stereocenters. The molecule has 0 spiro atoms. The summed E-state index contributed by atoms with van der Waals surface area (Å²) in [6.07, 6.45) is 2.43. The van der Waals surface area contributed by atoms with Gasteiger partial charge in [0.2, 0.25) is 0 Å². The normalized spacial score (nSPS) is 20.3. The van der Waals surface area contributed by atoms with Gasteiger partial charge in [0.25, 0.3) is 0 Å². The summed E-state index contributed by atoms with van der Waals surface area (Å²) >= 11 is 0. The Morgan fingerprint density at radius 2 is 2.25 bits per heavy atom. The van der Waals surface area contributed by atoms with Gasteiger partial charge in [-0.25, -0.2) is 0 Å². The molecule has 0 aromatic heterocycles. The van der Waals surface area contributed by atoms with Crippen molar-refractivity contribution in [3.63, 3.8) is 0 Å². The molecule has 1 aliphatic rings. The Bertz CT molecular complexity index is 340. The van der Waals surface area contributed by atoms with E-state index in [1.807, 2.05) is 25.1 Å². The summed E-state index contributed by atoms with van der Waals surface area (Å²) in [6.45, 7) is 4.72. The Balaban J connectivity index is 2.10. The molecular weight excluding hydrogens is 200 g/mol.